The van der Waals surface area contributed by atoms with E-state index < -0.39 is 0 Å². The maximum atomic E-state index is 12.9. The Balaban J connectivity index is 1.95. The number of hydrogen-bond donors (Lipinski definition) is 0. The molecule has 0 unspecified atom stereocenters. The summed E-state index contributed by atoms with van der Waals surface area (Å²) in [6.45, 7) is 3.74. The third-order valence-corrected chi connectivity index (χ3v) is 4.72. The summed E-state index contributed by atoms with van der Waals surface area (Å²) < 4.78 is 2.25. The van der Waals surface area contributed by atoms with Crippen LogP contribution in [0.4, 0.5) is 0 Å². The SMILES string of the molecule is CC[C@H]1c2cccn2CCN1C(=O)c1cccnc1SC. The third-order valence-electron chi connectivity index (χ3n) is 4.01. The molecular formula is C16H19N3OS. The Bertz CT molecular complexity index is 652. The third kappa shape index (κ3) is 2.46. The minimum Gasteiger partial charge on any atom is -0.348 e. The van der Waals surface area contributed by atoms with Crippen molar-refractivity contribution in [3.8, 4) is 0 Å². The molecule has 0 N–H and O–H groups in total. The lowest BCUT2D eigenvalue weighted by Crippen LogP contribution is -2.41. The van der Waals surface area contributed by atoms with Gasteiger partial charge in [-0.25, -0.2) is 4.98 Å². The zero-order valence-corrected chi connectivity index (χ0v) is 13.1. The van der Waals surface area contributed by atoms with Crippen molar-refractivity contribution in [2.24, 2.45) is 0 Å². The zero-order valence-electron chi connectivity index (χ0n) is 12.3. The van der Waals surface area contributed by atoms with E-state index in [0.29, 0.717) is 5.56 Å². The van der Waals surface area contributed by atoms with Gasteiger partial charge in [0.2, 0.25) is 0 Å². The molecule has 1 aliphatic rings. The lowest BCUT2D eigenvalue weighted by Gasteiger charge is -2.36. The lowest BCUT2D eigenvalue weighted by molar-refractivity contribution is 0.0613. The summed E-state index contributed by atoms with van der Waals surface area (Å²) >= 11 is 1.52. The minimum absolute atomic E-state index is 0.0896. The normalized spacial score (nSPS) is 17.6. The number of carbonyl (C=O) groups is 1. The first-order chi connectivity index (χ1) is 10.3. The van der Waals surface area contributed by atoms with E-state index in [1.54, 1.807) is 6.20 Å². The molecule has 1 atom stereocenters. The number of carbonyl (C=O) groups excluding carboxylic acids is 1. The standard InChI is InChI=1S/C16H19N3OS/c1-3-13-14-7-5-9-18(14)10-11-19(13)16(20)12-6-4-8-17-15(12)21-2/h4-9,13H,3,10-11H2,1-2H3/t13-/m0/s1. The van der Waals surface area contributed by atoms with Crippen LogP contribution in [0.5, 0.6) is 0 Å². The molecule has 0 saturated heterocycles. The van der Waals surface area contributed by atoms with E-state index in [4.69, 9.17) is 0 Å². The second-order valence-electron chi connectivity index (χ2n) is 5.11. The van der Waals surface area contributed by atoms with Crippen molar-refractivity contribution >= 4 is 17.7 Å². The fraction of sp³-hybridized carbons (Fsp3) is 0.375. The van der Waals surface area contributed by atoms with Gasteiger partial charge < -0.3 is 9.47 Å². The van der Waals surface area contributed by atoms with E-state index in [1.807, 2.05) is 23.3 Å². The molecule has 3 rings (SSSR count). The topological polar surface area (TPSA) is 38.1 Å². The van der Waals surface area contributed by atoms with Crippen molar-refractivity contribution in [1.29, 1.82) is 0 Å². The van der Waals surface area contributed by atoms with Crippen LogP contribution in [0.25, 0.3) is 0 Å². The van der Waals surface area contributed by atoms with Crippen molar-refractivity contribution in [2.45, 2.75) is 31.0 Å². The van der Waals surface area contributed by atoms with Crippen molar-refractivity contribution in [3.05, 3.63) is 47.9 Å². The highest BCUT2D eigenvalue weighted by Gasteiger charge is 2.31. The van der Waals surface area contributed by atoms with Crippen LogP contribution in [0.2, 0.25) is 0 Å². The molecule has 3 heterocycles. The van der Waals surface area contributed by atoms with Gasteiger partial charge >= 0.3 is 0 Å². The molecule has 0 saturated carbocycles. The average molecular weight is 301 g/mol. The van der Waals surface area contributed by atoms with Crippen molar-refractivity contribution in [3.63, 3.8) is 0 Å². The summed E-state index contributed by atoms with van der Waals surface area (Å²) in [6, 6.07) is 8.04. The predicted molar refractivity (Wildman–Crippen MR) is 84.5 cm³/mol. The van der Waals surface area contributed by atoms with Gasteiger partial charge in [-0.1, -0.05) is 6.92 Å². The molecule has 0 aliphatic carbocycles. The first kappa shape index (κ1) is 14.2. The molecule has 1 aliphatic heterocycles. The molecule has 0 spiro atoms. The molecule has 110 valence electrons. The van der Waals surface area contributed by atoms with Crippen LogP contribution in [0, 0.1) is 0 Å². The van der Waals surface area contributed by atoms with Gasteiger partial charge in [-0.2, -0.15) is 0 Å². The molecule has 0 radical (unpaired) electrons. The molecule has 1 amide bonds. The molecular weight excluding hydrogens is 282 g/mol. The Morgan fingerprint density at radius 2 is 2.24 bits per heavy atom. The van der Waals surface area contributed by atoms with Crippen LogP contribution in [0.1, 0.15) is 35.4 Å². The van der Waals surface area contributed by atoms with Crippen LogP contribution in [-0.2, 0) is 6.54 Å². The van der Waals surface area contributed by atoms with Crippen LogP contribution < -0.4 is 0 Å². The number of nitrogens with zero attached hydrogens (tertiary/aromatic N) is 3. The highest BCUT2D eigenvalue weighted by atomic mass is 32.2. The van der Waals surface area contributed by atoms with Gasteiger partial charge in [0, 0.05) is 31.2 Å². The number of thioether (sulfide) groups is 1. The van der Waals surface area contributed by atoms with Crippen LogP contribution >= 0.6 is 11.8 Å². The van der Waals surface area contributed by atoms with Gasteiger partial charge in [0.1, 0.15) is 5.03 Å². The van der Waals surface area contributed by atoms with E-state index in [-0.39, 0.29) is 11.9 Å². The van der Waals surface area contributed by atoms with Crippen molar-refractivity contribution < 1.29 is 4.79 Å². The van der Waals surface area contributed by atoms with Crippen LogP contribution in [0.15, 0.2) is 41.7 Å². The number of hydrogen-bond acceptors (Lipinski definition) is 3. The summed E-state index contributed by atoms with van der Waals surface area (Å²) in [6.07, 6.45) is 6.71. The van der Waals surface area contributed by atoms with Gasteiger partial charge in [0.05, 0.1) is 11.6 Å². The summed E-state index contributed by atoms with van der Waals surface area (Å²) in [5.41, 5.74) is 1.94. The second kappa shape index (κ2) is 5.93. The minimum atomic E-state index is 0.0896. The second-order valence-corrected chi connectivity index (χ2v) is 5.90. The van der Waals surface area contributed by atoms with Gasteiger partial charge in [-0.3, -0.25) is 4.79 Å². The van der Waals surface area contributed by atoms with Crippen molar-refractivity contribution in [1.82, 2.24) is 14.5 Å². The van der Waals surface area contributed by atoms with Gasteiger partial charge in [0.15, 0.2) is 0 Å². The summed E-state index contributed by atoms with van der Waals surface area (Å²) in [4.78, 5) is 19.2. The molecule has 0 aromatic carbocycles. The Kier molecular flexibility index (Phi) is 4.01. The average Bonchev–Trinajstić information content (AvgIpc) is 3.01. The number of fused-ring (bicyclic) bond motifs is 1. The Labute approximate surface area is 129 Å². The fourth-order valence-electron chi connectivity index (χ4n) is 3.01. The Morgan fingerprint density at radius 3 is 3.00 bits per heavy atom. The van der Waals surface area contributed by atoms with E-state index in [0.717, 1.165) is 24.5 Å². The number of rotatable bonds is 3. The summed E-state index contributed by atoms with van der Waals surface area (Å²) in [7, 11) is 0. The monoisotopic (exact) mass is 301 g/mol. The first-order valence-electron chi connectivity index (χ1n) is 7.21. The molecule has 2 aromatic rings. The number of amides is 1. The Morgan fingerprint density at radius 1 is 1.38 bits per heavy atom. The first-order valence-corrected chi connectivity index (χ1v) is 8.43. The highest BCUT2D eigenvalue weighted by molar-refractivity contribution is 7.98. The van der Waals surface area contributed by atoms with Gasteiger partial charge in [0.25, 0.3) is 5.91 Å². The van der Waals surface area contributed by atoms with Gasteiger partial charge in [-0.05, 0) is 36.9 Å². The van der Waals surface area contributed by atoms with Crippen LogP contribution in [-0.4, -0.2) is 33.2 Å². The smallest absolute Gasteiger partial charge is 0.257 e. The maximum Gasteiger partial charge on any atom is 0.257 e. The summed E-state index contributed by atoms with van der Waals surface area (Å²) in [5.74, 6) is 0.0896. The van der Waals surface area contributed by atoms with E-state index >= 15 is 0 Å². The van der Waals surface area contributed by atoms with E-state index in [2.05, 4.69) is 34.8 Å². The van der Waals surface area contributed by atoms with Crippen molar-refractivity contribution in [2.75, 3.05) is 12.8 Å². The predicted octanol–water partition coefficient (Wildman–Crippen LogP) is 3.21. The van der Waals surface area contributed by atoms with E-state index in [9.17, 15) is 4.79 Å². The van der Waals surface area contributed by atoms with Gasteiger partial charge in [-0.15, -0.1) is 11.8 Å². The fourth-order valence-corrected chi connectivity index (χ4v) is 3.55. The van der Waals surface area contributed by atoms with E-state index in [1.165, 1.54) is 17.5 Å². The Hall–Kier alpha value is -1.75. The zero-order chi connectivity index (χ0) is 14.8. The quantitative estimate of drug-likeness (QED) is 0.817. The largest absolute Gasteiger partial charge is 0.348 e. The molecule has 21 heavy (non-hydrogen) atoms. The molecule has 2 aromatic heterocycles. The molecule has 4 nitrogen and oxygen atoms in total. The molecule has 0 fully saturated rings. The molecule has 5 heteroatoms. The maximum absolute atomic E-state index is 12.9. The number of aromatic nitrogens is 2. The van der Waals surface area contributed by atoms with Crippen LogP contribution in [0.3, 0.4) is 0 Å². The molecule has 0 bridgehead atoms. The summed E-state index contributed by atoms with van der Waals surface area (Å²) in [5, 5.41) is 0.804. The highest BCUT2D eigenvalue weighted by Crippen LogP contribution is 2.31. The lowest BCUT2D eigenvalue weighted by atomic mass is 10.1. The number of pyridine rings is 1.